The average Bonchev–Trinajstić information content (AvgIpc) is 3.15. The number of hydrogen-bond donors (Lipinski definition) is 3. The summed E-state index contributed by atoms with van der Waals surface area (Å²) in [7, 11) is -1.27. The smallest absolute Gasteiger partial charge is 0.197 e. The normalized spacial score (nSPS) is 12.2. The molecule has 0 fully saturated rings. The molecule has 0 aliphatic carbocycles. The molecule has 4 aromatic rings. The van der Waals surface area contributed by atoms with E-state index in [0.717, 1.165) is 44.7 Å². The summed E-state index contributed by atoms with van der Waals surface area (Å²) in [6, 6.07) is 19.8. The minimum absolute atomic E-state index is 0.382. The van der Waals surface area contributed by atoms with Crippen LogP contribution in [0.5, 0.6) is 0 Å². The number of anilines is 2. The molecule has 5 nitrogen and oxygen atoms in total. The molecular formula is C23H24N4OS. The van der Waals surface area contributed by atoms with Gasteiger partial charge in [0.05, 0.1) is 27.6 Å². The topological polar surface area (TPSA) is 83.8 Å². The third-order valence-electron chi connectivity index (χ3n) is 5.10. The van der Waals surface area contributed by atoms with Crippen molar-refractivity contribution in [2.24, 2.45) is 0 Å². The first-order valence-corrected chi connectivity index (χ1v) is 10.8. The van der Waals surface area contributed by atoms with Crippen LogP contribution in [-0.4, -0.2) is 14.2 Å². The predicted octanol–water partition coefficient (Wildman–Crippen LogP) is 4.68. The van der Waals surface area contributed by atoms with Gasteiger partial charge in [-0.05, 0) is 48.2 Å². The summed E-state index contributed by atoms with van der Waals surface area (Å²) in [4.78, 5) is 7.66. The van der Waals surface area contributed by atoms with Crippen LogP contribution in [0.2, 0.25) is 0 Å². The van der Waals surface area contributed by atoms with E-state index < -0.39 is 10.8 Å². The van der Waals surface area contributed by atoms with Crippen molar-refractivity contribution < 1.29 is 4.21 Å². The lowest BCUT2D eigenvalue weighted by Gasteiger charge is -2.16. The highest BCUT2D eigenvalue weighted by Gasteiger charge is 2.14. The van der Waals surface area contributed by atoms with Crippen LogP contribution in [0.4, 0.5) is 11.4 Å². The summed E-state index contributed by atoms with van der Waals surface area (Å²) in [5, 5.41) is 4.01. The van der Waals surface area contributed by atoms with Gasteiger partial charge in [0, 0.05) is 17.9 Å². The Labute approximate surface area is 172 Å². The fraction of sp³-hybridized carbons (Fsp3) is 0.174. The van der Waals surface area contributed by atoms with Gasteiger partial charge in [0.25, 0.3) is 0 Å². The molecule has 4 N–H and O–H groups in total. The van der Waals surface area contributed by atoms with E-state index in [2.05, 4.69) is 28.3 Å². The fourth-order valence-corrected chi connectivity index (χ4v) is 4.51. The molecule has 1 heterocycles. The van der Waals surface area contributed by atoms with Crippen LogP contribution < -0.4 is 11.1 Å². The number of aromatic nitrogens is 2. The molecule has 4 rings (SSSR count). The van der Waals surface area contributed by atoms with E-state index in [-0.39, 0.29) is 0 Å². The first-order chi connectivity index (χ1) is 14.0. The Bertz CT molecular complexity index is 1170. The van der Waals surface area contributed by atoms with Gasteiger partial charge in [0.1, 0.15) is 0 Å². The molecular weight excluding hydrogens is 380 g/mol. The minimum Gasteiger partial charge on any atom is -0.398 e. The van der Waals surface area contributed by atoms with Crippen molar-refractivity contribution in [3.05, 3.63) is 82.9 Å². The van der Waals surface area contributed by atoms with Crippen LogP contribution in [0.25, 0.3) is 11.0 Å². The number of benzene rings is 3. The number of nitrogens with one attached hydrogen (secondary N) is 2. The molecule has 0 saturated carbocycles. The van der Waals surface area contributed by atoms with Gasteiger partial charge in [-0.25, -0.2) is 4.98 Å². The third-order valence-corrected chi connectivity index (χ3v) is 6.30. The second kappa shape index (κ2) is 8.09. The summed E-state index contributed by atoms with van der Waals surface area (Å²) >= 11 is 0. The molecule has 6 heteroatoms. The Morgan fingerprint density at radius 3 is 2.48 bits per heavy atom. The van der Waals surface area contributed by atoms with Crippen molar-refractivity contribution in [2.45, 2.75) is 31.3 Å². The number of para-hydroxylation sites is 4. The molecule has 1 atom stereocenters. The van der Waals surface area contributed by atoms with Gasteiger partial charge < -0.3 is 16.0 Å². The summed E-state index contributed by atoms with van der Waals surface area (Å²) in [6.07, 6.45) is 0. The Hall–Kier alpha value is -3.12. The van der Waals surface area contributed by atoms with Crippen molar-refractivity contribution in [3.8, 4) is 0 Å². The van der Waals surface area contributed by atoms with Gasteiger partial charge in [-0.1, -0.05) is 48.5 Å². The molecule has 3 aromatic carbocycles. The second-order valence-electron chi connectivity index (χ2n) is 7.16. The third kappa shape index (κ3) is 4.03. The number of H-pyrrole nitrogens is 1. The van der Waals surface area contributed by atoms with Gasteiger partial charge in [-0.15, -0.1) is 0 Å². The maximum atomic E-state index is 13.0. The van der Waals surface area contributed by atoms with Crippen LogP contribution in [0.1, 0.15) is 22.3 Å². The van der Waals surface area contributed by atoms with Crippen LogP contribution in [-0.2, 0) is 23.1 Å². The number of nitrogens with zero attached hydrogens (tertiary/aromatic N) is 1. The maximum absolute atomic E-state index is 13.0. The largest absolute Gasteiger partial charge is 0.398 e. The molecule has 0 aliphatic rings. The van der Waals surface area contributed by atoms with E-state index in [0.29, 0.717) is 17.5 Å². The Morgan fingerprint density at radius 1 is 0.966 bits per heavy atom. The van der Waals surface area contributed by atoms with Crippen molar-refractivity contribution in [1.29, 1.82) is 0 Å². The fourth-order valence-electron chi connectivity index (χ4n) is 3.43. The standard InChI is InChI=1S/C23H24N4OS/c1-15-7-5-9-17(21(15)24)13-25-22-16(2)8-6-10-18(22)14-29(28)23-26-19-11-3-4-12-20(19)27-23/h3-12,25H,13-14,24H2,1-2H3,(H,26,27). The molecule has 148 valence electrons. The lowest BCUT2D eigenvalue weighted by molar-refractivity contribution is 0.677. The molecule has 0 saturated heterocycles. The predicted molar refractivity (Wildman–Crippen MR) is 120 cm³/mol. The van der Waals surface area contributed by atoms with Gasteiger partial charge in [0.15, 0.2) is 5.16 Å². The van der Waals surface area contributed by atoms with E-state index in [1.807, 2.05) is 61.5 Å². The number of hydrogen-bond acceptors (Lipinski definition) is 4. The number of aryl methyl sites for hydroxylation is 2. The Kier molecular flexibility index (Phi) is 5.36. The molecule has 0 spiro atoms. The Balaban J connectivity index is 1.57. The average molecular weight is 405 g/mol. The lowest BCUT2D eigenvalue weighted by atomic mass is 10.1. The van der Waals surface area contributed by atoms with Crippen molar-refractivity contribution >= 4 is 33.2 Å². The summed E-state index contributed by atoms with van der Waals surface area (Å²) < 4.78 is 13.0. The zero-order valence-electron chi connectivity index (χ0n) is 16.5. The summed E-state index contributed by atoms with van der Waals surface area (Å²) in [6.45, 7) is 4.67. The zero-order chi connectivity index (χ0) is 20.4. The lowest BCUT2D eigenvalue weighted by Crippen LogP contribution is -2.08. The first-order valence-electron chi connectivity index (χ1n) is 9.52. The van der Waals surface area contributed by atoms with Gasteiger partial charge >= 0.3 is 0 Å². The molecule has 1 unspecified atom stereocenters. The van der Waals surface area contributed by atoms with E-state index >= 15 is 0 Å². The second-order valence-corrected chi connectivity index (χ2v) is 8.53. The number of nitrogens with two attached hydrogens (primary N) is 1. The quantitative estimate of drug-likeness (QED) is 0.407. The molecule has 0 radical (unpaired) electrons. The number of fused-ring (bicyclic) bond motifs is 1. The van der Waals surface area contributed by atoms with E-state index in [1.54, 1.807) is 0 Å². The molecule has 0 bridgehead atoms. The summed E-state index contributed by atoms with van der Waals surface area (Å²) in [5.41, 5.74) is 14.0. The van der Waals surface area contributed by atoms with Crippen LogP contribution >= 0.6 is 0 Å². The molecule has 0 amide bonds. The van der Waals surface area contributed by atoms with Gasteiger partial charge in [0.2, 0.25) is 0 Å². The van der Waals surface area contributed by atoms with Gasteiger partial charge in [-0.3, -0.25) is 4.21 Å². The first kappa shape index (κ1) is 19.2. The van der Waals surface area contributed by atoms with Crippen LogP contribution in [0.3, 0.4) is 0 Å². The van der Waals surface area contributed by atoms with Crippen molar-refractivity contribution in [1.82, 2.24) is 9.97 Å². The van der Waals surface area contributed by atoms with E-state index in [9.17, 15) is 4.21 Å². The number of nitrogen functional groups attached to an aromatic ring is 1. The monoisotopic (exact) mass is 404 g/mol. The van der Waals surface area contributed by atoms with Crippen molar-refractivity contribution in [2.75, 3.05) is 11.1 Å². The number of rotatable bonds is 6. The van der Waals surface area contributed by atoms with Crippen LogP contribution in [0.15, 0.2) is 65.8 Å². The highest BCUT2D eigenvalue weighted by atomic mass is 32.2. The van der Waals surface area contributed by atoms with Gasteiger partial charge in [-0.2, -0.15) is 0 Å². The summed E-state index contributed by atoms with van der Waals surface area (Å²) in [5.74, 6) is 0.382. The number of aromatic amines is 1. The van der Waals surface area contributed by atoms with Crippen molar-refractivity contribution in [3.63, 3.8) is 0 Å². The molecule has 0 aliphatic heterocycles. The van der Waals surface area contributed by atoms with Crippen LogP contribution in [0, 0.1) is 13.8 Å². The zero-order valence-corrected chi connectivity index (χ0v) is 17.3. The highest BCUT2D eigenvalue weighted by molar-refractivity contribution is 7.84. The Morgan fingerprint density at radius 2 is 1.69 bits per heavy atom. The SMILES string of the molecule is Cc1cccc(CNc2c(C)cccc2CS(=O)c2nc3ccccc3[nH]2)c1N. The molecule has 29 heavy (non-hydrogen) atoms. The van der Waals surface area contributed by atoms with E-state index in [4.69, 9.17) is 5.73 Å². The minimum atomic E-state index is -1.27. The molecule has 1 aromatic heterocycles. The number of imidazole rings is 1. The highest BCUT2D eigenvalue weighted by Crippen LogP contribution is 2.26. The van der Waals surface area contributed by atoms with E-state index in [1.165, 1.54) is 0 Å². The maximum Gasteiger partial charge on any atom is 0.197 e.